The molecule has 23 heavy (non-hydrogen) atoms. The van der Waals surface area contributed by atoms with Crippen LogP contribution in [0.4, 0.5) is 5.69 Å². The van der Waals surface area contributed by atoms with Gasteiger partial charge in [0.2, 0.25) is 0 Å². The van der Waals surface area contributed by atoms with E-state index in [0.29, 0.717) is 5.92 Å². The molecule has 1 fully saturated rings. The Hall–Kier alpha value is -1.10. The minimum absolute atomic E-state index is 0. The topological polar surface area (TPSA) is 28.2 Å². The van der Waals surface area contributed by atoms with E-state index in [0.717, 1.165) is 13.1 Å². The number of piperidine rings is 1. The van der Waals surface area contributed by atoms with Crippen LogP contribution in [0.5, 0.6) is 0 Å². The summed E-state index contributed by atoms with van der Waals surface area (Å²) in [5, 5.41) is 4.91. The average Bonchev–Trinajstić information content (AvgIpc) is 3.17. The normalized spacial score (nSPS) is 18.3. The van der Waals surface area contributed by atoms with Gasteiger partial charge in [0.05, 0.1) is 5.01 Å². The van der Waals surface area contributed by atoms with Crippen molar-refractivity contribution in [2.24, 2.45) is 0 Å². The molecule has 0 unspecified atom stereocenters. The molecule has 0 saturated carbocycles. The molecule has 5 heteroatoms. The number of para-hydroxylation sites is 1. The zero-order valence-electron chi connectivity index (χ0n) is 13.5. The van der Waals surface area contributed by atoms with E-state index in [9.17, 15) is 0 Å². The lowest BCUT2D eigenvalue weighted by atomic mass is 9.97. The van der Waals surface area contributed by atoms with E-state index in [1.54, 1.807) is 0 Å². The molecule has 3 nitrogen and oxygen atoms in total. The van der Waals surface area contributed by atoms with Gasteiger partial charge in [0.1, 0.15) is 0 Å². The predicted molar refractivity (Wildman–Crippen MR) is 100.0 cm³/mol. The summed E-state index contributed by atoms with van der Waals surface area (Å²) in [6.45, 7) is 6.71. The Balaban J connectivity index is 0.00000156. The fourth-order valence-electron chi connectivity index (χ4n) is 3.68. The minimum atomic E-state index is 0. The molecule has 0 radical (unpaired) electrons. The fraction of sp³-hybridized carbons (Fsp3) is 0.500. The molecule has 1 aromatic heterocycles. The van der Waals surface area contributed by atoms with Gasteiger partial charge < -0.3 is 5.32 Å². The monoisotopic (exact) mass is 349 g/mol. The first-order chi connectivity index (χ1) is 10.8. The maximum Gasteiger partial charge on any atom is 0.0959 e. The Labute approximate surface area is 148 Å². The van der Waals surface area contributed by atoms with E-state index in [4.69, 9.17) is 0 Å². The molecule has 0 bridgehead atoms. The first-order valence-corrected chi connectivity index (χ1v) is 9.10. The van der Waals surface area contributed by atoms with Crippen molar-refractivity contribution in [2.75, 3.05) is 25.0 Å². The molecule has 1 saturated heterocycles. The molecule has 0 aliphatic carbocycles. The lowest BCUT2D eigenvalue weighted by Crippen LogP contribution is -2.32. The smallest absolute Gasteiger partial charge is 0.0959 e. The summed E-state index contributed by atoms with van der Waals surface area (Å²) in [5.74, 6) is 0.676. The van der Waals surface area contributed by atoms with Gasteiger partial charge in [-0.05, 0) is 50.4 Å². The van der Waals surface area contributed by atoms with E-state index in [2.05, 4.69) is 40.3 Å². The van der Waals surface area contributed by atoms with E-state index in [-0.39, 0.29) is 12.4 Å². The number of nitrogens with zero attached hydrogens (tertiary/aromatic N) is 2. The van der Waals surface area contributed by atoms with E-state index in [1.165, 1.54) is 59.1 Å². The number of fused-ring (bicyclic) bond motifs is 1. The molecule has 0 amide bonds. The third-order valence-corrected chi connectivity index (χ3v) is 5.98. The van der Waals surface area contributed by atoms with Gasteiger partial charge in [-0.1, -0.05) is 18.2 Å². The number of thiazole rings is 1. The van der Waals surface area contributed by atoms with Gasteiger partial charge >= 0.3 is 0 Å². The Bertz CT molecular complexity index is 662. The molecule has 1 N–H and O–H groups in total. The van der Waals surface area contributed by atoms with Crippen LogP contribution in [0.25, 0.3) is 0 Å². The Morgan fingerprint density at radius 3 is 2.87 bits per heavy atom. The van der Waals surface area contributed by atoms with Gasteiger partial charge in [0.15, 0.2) is 0 Å². The number of aromatic nitrogens is 1. The number of hydrogen-bond donors (Lipinski definition) is 1. The fourth-order valence-corrected chi connectivity index (χ4v) is 4.63. The van der Waals surface area contributed by atoms with E-state index >= 15 is 0 Å². The third-order valence-electron chi connectivity index (χ3n) is 4.90. The number of anilines is 1. The Kier molecular flexibility index (Phi) is 5.24. The molecule has 4 rings (SSSR count). The predicted octanol–water partition coefficient (Wildman–Crippen LogP) is 4.22. The highest BCUT2D eigenvalue weighted by atomic mass is 35.5. The second kappa shape index (κ2) is 7.20. The largest absolute Gasteiger partial charge is 0.384 e. The van der Waals surface area contributed by atoms with Crippen molar-refractivity contribution >= 4 is 29.4 Å². The van der Waals surface area contributed by atoms with Crippen LogP contribution in [-0.2, 0) is 13.0 Å². The average molecular weight is 350 g/mol. The summed E-state index contributed by atoms with van der Waals surface area (Å²) in [6, 6.07) is 6.76. The third kappa shape index (κ3) is 3.54. The molecule has 124 valence electrons. The van der Waals surface area contributed by atoms with E-state index in [1.807, 2.05) is 17.5 Å². The van der Waals surface area contributed by atoms with Crippen LogP contribution >= 0.6 is 23.7 Å². The van der Waals surface area contributed by atoms with Crippen molar-refractivity contribution in [1.82, 2.24) is 9.88 Å². The number of aryl methyl sites for hydroxylation is 1. The van der Waals surface area contributed by atoms with Crippen LogP contribution in [0.3, 0.4) is 0 Å². The maximum absolute atomic E-state index is 4.59. The first-order valence-electron chi connectivity index (χ1n) is 8.29. The second-order valence-electron chi connectivity index (χ2n) is 6.49. The molecule has 0 atom stereocenters. The zero-order valence-corrected chi connectivity index (χ0v) is 15.2. The zero-order chi connectivity index (χ0) is 14.9. The van der Waals surface area contributed by atoms with Crippen molar-refractivity contribution in [1.29, 1.82) is 0 Å². The van der Waals surface area contributed by atoms with Crippen LogP contribution in [0.2, 0.25) is 0 Å². The van der Waals surface area contributed by atoms with Crippen molar-refractivity contribution in [3.8, 4) is 0 Å². The Morgan fingerprint density at radius 1 is 1.30 bits per heavy atom. The summed E-state index contributed by atoms with van der Waals surface area (Å²) in [5.41, 5.74) is 4.37. The quantitative estimate of drug-likeness (QED) is 0.899. The number of benzene rings is 1. The first kappa shape index (κ1) is 16.7. The molecular weight excluding hydrogens is 326 g/mol. The Morgan fingerprint density at radius 2 is 2.13 bits per heavy atom. The summed E-state index contributed by atoms with van der Waals surface area (Å²) < 4.78 is 0. The molecule has 3 heterocycles. The van der Waals surface area contributed by atoms with E-state index < -0.39 is 0 Å². The lowest BCUT2D eigenvalue weighted by Gasteiger charge is -2.31. The van der Waals surface area contributed by atoms with Gasteiger partial charge in [0.25, 0.3) is 0 Å². The lowest BCUT2D eigenvalue weighted by molar-refractivity contribution is 0.205. The number of hydrogen-bond acceptors (Lipinski definition) is 4. The van der Waals surface area contributed by atoms with Crippen LogP contribution in [0.1, 0.15) is 39.8 Å². The van der Waals surface area contributed by atoms with Crippen molar-refractivity contribution < 1.29 is 0 Å². The van der Waals surface area contributed by atoms with Crippen molar-refractivity contribution in [3.05, 3.63) is 45.4 Å². The SMILES string of the molecule is Cc1cnc(C2CCN(Cc3cccc4c3NCC4)CC2)s1.Cl. The van der Waals surface area contributed by atoms with Crippen LogP contribution in [0, 0.1) is 6.92 Å². The van der Waals surface area contributed by atoms with Crippen LogP contribution in [-0.4, -0.2) is 29.5 Å². The maximum atomic E-state index is 4.59. The van der Waals surface area contributed by atoms with Gasteiger partial charge in [-0.2, -0.15) is 0 Å². The molecule has 0 spiro atoms. The highest BCUT2D eigenvalue weighted by Gasteiger charge is 2.24. The summed E-state index contributed by atoms with van der Waals surface area (Å²) in [7, 11) is 0. The molecule has 2 aromatic rings. The number of rotatable bonds is 3. The minimum Gasteiger partial charge on any atom is -0.384 e. The number of nitrogens with one attached hydrogen (secondary N) is 1. The molecule has 1 aromatic carbocycles. The number of likely N-dealkylation sites (tertiary alicyclic amines) is 1. The molecular formula is C18H24ClN3S. The van der Waals surface area contributed by atoms with Crippen molar-refractivity contribution in [2.45, 2.75) is 38.6 Å². The van der Waals surface area contributed by atoms with Gasteiger partial charge in [-0.15, -0.1) is 23.7 Å². The highest BCUT2D eigenvalue weighted by Crippen LogP contribution is 2.33. The molecule has 2 aliphatic heterocycles. The summed E-state index contributed by atoms with van der Waals surface area (Å²) in [4.78, 5) is 8.53. The van der Waals surface area contributed by atoms with Crippen molar-refractivity contribution in [3.63, 3.8) is 0 Å². The second-order valence-corrected chi connectivity index (χ2v) is 7.75. The van der Waals surface area contributed by atoms with Crippen LogP contribution < -0.4 is 5.32 Å². The molecule has 2 aliphatic rings. The summed E-state index contributed by atoms with van der Waals surface area (Å²) in [6.07, 6.45) is 5.69. The summed E-state index contributed by atoms with van der Waals surface area (Å²) >= 11 is 1.88. The van der Waals surface area contributed by atoms with Gasteiger partial charge in [-0.3, -0.25) is 4.90 Å². The highest BCUT2D eigenvalue weighted by molar-refractivity contribution is 7.11. The van der Waals surface area contributed by atoms with Gasteiger partial charge in [-0.25, -0.2) is 4.98 Å². The van der Waals surface area contributed by atoms with Crippen LogP contribution in [0.15, 0.2) is 24.4 Å². The number of halogens is 1. The standard InChI is InChI=1S/C18H23N3S.ClH/c1-13-11-20-18(22-13)15-6-9-21(10-7-15)12-16-4-2-3-14-5-8-19-17(14)16;/h2-4,11,15,19H,5-10,12H2,1H3;1H. The van der Waals surface area contributed by atoms with Gasteiger partial charge in [0, 0.05) is 35.8 Å².